The molecule has 4 rings (SSSR count). The monoisotopic (exact) mass is 427 g/mol. The molecule has 1 aromatic heterocycles. The molecule has 162 valence electrons. The number of aromatic nitrogens is 2. The van der Waals surface area contributed by atoms with E-state index < -0.39 is 22.4 Å². The van der Waals surface area contributed by atoms with Crippen LogP contribution in [-0.4, -0.2) is 40.2 Å². The average molecular weight is 427 g/mol. The van der Waals surface area contributed by atoms with Crippen molar-refractivity contribution in [3.63, 3.8) is 0 Å². The van der Waals surface area contributed by atoms with Gasteiger partial charge in [0.05, 0.1) is 28.1 Å². The van der Waals surface area contributed by atoms with Gasteiger partial charge in [0.25, 0.3) is 11.2 Å². The van der Waals surface area contributed by atoms with Crippen LogP contribution in [0.3, 0.4) is 0 Å². The van der Waals surface area contributed by atoms with Gasteiger partial charge in [0.15, 0.2) is 0 Å². The summed E-state index contributed by atoms with van der Waals surface area (Å²) in [6.07, 6.45) is 1.52. The van der Waals surface area contributed by atoms with E-state index in [9.17, 15) is 19.7 Å². The molecule has 2 atom stereocenters. The molecule has 2 aromatic rings. The lowest BCUT2D eigenvalue weighted by molar-refractivity contribution is -0.384. The van der Waals surface area contributed by atoms with E-state index in [0.29, 0.717) is 17.9 Å². The largest absolute Gasteiger partial charge is 0.459 e. The van der Waals surface area contributed by atoms with Crippen LogP contribution in [0, 0.1) is 10.1 Å². The van der Waals surface area contributed by atoms with Crippen molar-refractivity contribution in [1.82, 2.24) is 9.97 Å². The Morgan fingerprint density at radius 1 is 1.45 bits per heavy atom. The first-order chi connectivity index (χ1) is 14.8. The lowest BCUT2D eigenvalue weighted by atomic mass is 9.82. The number of aromatic amines is 1. The van der Waals surface area contributed by atoms with Gasteiger partial charge in [-0.15, -0.1) is 0 Å². The summed E-state index contributed by atoms with van der Waals surface area (Å²) in [4.78, 5) is 43.2. The fraction of sp³-hybridized carbons (Fsp3) is 0.350. The lowest BCUT2D eigenvalue weighted by Crippen LogP contribution is -2.32. The number of carbonyl (C=O) groups is 1. The predicted octanol–water partition coefficient (Wildman–Crippen LogP) is 1.81. The molecule has 0 amide bonds. The minimum Gasteiger partial charge on any atom is -0.459 e. The Hall–Kier alpha value is -3.73. The Morgan fingerprint density at radius 2 is 2.26 bits per heavy atom. The number of nitrogens with two attached hydrogens (primary N) is 1. The number of nitrogens with zero attached hydrogens (tertiary/aromatic N) is 2. The number of rotatable bonds is 5. The van der Waals surface area contributed by atoms with Crippen LogP contribution in [0.5, 0.6) is 0 Å². The molecule has 0 saturated carbocycles. The maximum absolute atomic E-state index is 13.1. The number of ether oxygens (including phenoxy) is 2. The number of nitro benzene ring substituents is 1. The molecule has 11 nitrogen and oxygen atoms in total. The van der Waals surface area contributed by atoms with E-state index in [4.69, 9.17) is 15.2 Å². The van der Waals surface area contributed by atoms with Crippen LogP contribution in [0.1, 0.15) is 36.8 Å². The van der Waals surface area contributed by atoms with E-state index in [-0.39, 0.29) is 41.3 Å². The zero-order chi connectivity index (χ0) is 22.1. The van der Waals surface area contributed by atoms with Gasteiger partial charge < -0.3 is 20.5 Å². The second kappa shape index (κ2) is 8.19. The third-order valence-corrected chi connectivity index (χ3v) is 5.32. The normalized spacial score (nSPS) is 20.2. The minimum atomic E-state index is -0.926. The van der Waals surface area contributed by atoms with Crippen LogP contribution in [0.2, 0.25) is 0 Å². The SMILES string of the molecule is CC1=C(C(=O)OCC2CCCO2)C(c2cccc([N+](=O)[O-])c2)c2c(nc(N)[nH]c2=O)N1. The van der Waals surface area contributed by atoms with Crippen molar-refractivity contribution in [3.8, 4) is 0 Å². The van der Waals surface area contributed by atoms with Gasteiger partial charge in [0.1, 0.15) is 12.4 Å². The van der Waals surface area contributed by atoms with Crippen LogP contribution in [0.15, 0.2) is 40.3 Å². The molecule has 2 unspecified atom stereocenters. The van der Waals surface area contributed by atoms with E-state index in [0.717, 1.165) is 12.8 Å². The molecule has 3 heterocycles. The molecule has 11 heteroatoms. The third-order valence-electron chi connectivity index (χ3n) is 5.32. The molecule has 0 aliphatic carbocycles. The second-order valence-electron chi connectivity index (χ2n) is 7.40. The first kappa shape index (κ1) is 20.5. The molecular formula is C20H21N5O6. The fourth-order valence-electron chi connectivity index (χ4n) is 3.91. The molecule has 1 saturated heterocycles. The highest BCUT2D eigenvalue weighted by atomic mass is 16.6. The number of carbonyl (C=O) groups excluding carboxylic acids is 1. The predicted molar refractivity (Wildman–Crippen MR) is 110 cm³/mol. The highest BCUT2D eigenvalue weighted by Crippen LogP contribution is 2.40. The molecule has 1 aromatic carbocycles. The smallest absolute Gasteiger partial charge is 0.336 e. The number of fused-ring (bicyclic) bond motifs is 1. The van der Waals surface area contributed by atoms with Gasteiger partial charge in [-0.3, -0.25) is 19.9 Å². The van der Waals surface area contributed by atoms with Gasteiger partial charge in [-0.1, -0.05) is 12.1 Å². The quantitative estimate of drug-likeness (QED) is 0.367. The van der Waals surface area contributed by atoms with Crippen LogP contribution < -0.4 is 16.6 Å². The Balaban J connectivity index is 1.79. The highest BCUT2D eigenvalue weighted by molar-refractivity contribution is 5.94. The van der Waals surface area contributed by atoms with E-state index in [1.54, 1.807) is 13.0 Å². The summed E-state index contributed by atoms with van der Waals surface area (Å²) in [5, 5.41) is 14.2. The van der Waals surface area contributed by atoms with E-state index in [1.165, 1.54) is 18.2 Å². The molecular weight excluding hydrogens is 406 g/mol. The number of esters is 1. The van der Waals surface area contributed by atoms with Crippen molar-refractivity contribution in [2.75, 3.05) is 24.3 Å². The molecule has 31 heavy (non-hydrogen) atoms. The molecule has 2 aliphatic rings. The summed E-state index contributed by atoms with van der Waals surface area (Å²) in [6.45, 7) is 2.35. The summed E-state index contributed by atoms with van der Waals surface area (Å²) < 4.78 is 11.0. The number of nitrogen functional groups attached to an aromatic ring is 1. The Labute approximate surface area is 176 Å². The van der Waals surface area contributed by atoms with Gasteiger partial charge >= 0.3 is 5.97 Å². The van der Waals surface area contributed by atoms with Gasteiger partial charge in [-0.2, -0.15) is 4.98 Å². The summed E-state index contributed by atoms with van der Waals surface area (Å²) in [5.74, 6) is -1.47. The molecule has 4 N–H and O–H groups in total. The molecule has 2 aliphatic heterocycles. The number of nitro groups is 1. The van der Waals surface area contributed by atoms with Crippen molar-refractivity contribution in [2.45, 2.75) is 31.8 Å². The number of hydrogen-bond acceptors (Lipinski definition) is 9. The van der Waals surface area contributed by atoms with Crippen molar-refractivity contribution in [3.05, 3.63) is 67.1 Å². The summed E-state index contributed by atoms with van der Waals surface area (Å²) in [5.41, 5.74) is 6.05. The number of H-pyrrole nitrogens is 1. The standard InChI is InChI=1S/C20H21N5O6/c1-10-14(19(27)31-9-13-6-3-7-30-13)15(11-4-2-5-12(8-11)25(28)29)16-17(22-10)23-20(21)24-18(16)26/h2,4-5,8,13,15H,3,6-7,9H2,1H3,(H4,21,22,23,24,26). The van der Waals surface area contributed by atoms with Crippen LogP contribution in [0.4, 0.5) is 17.5 Å². The van der Waals surface area contributed by atoms with Gasteiger partial charge in [-0.25, -0.2) is 4.79 Å². The minimum absolute atomic E-state index is 0.0838. The lowest BCUT2D eigenvalue weighted by Gasteiger charge is -2.28. The van der Waals surface area contributed by atoms with E-state index >= 15 is 0 Å². The topological polar surface area (TPSA) is 162 Å². The maximum Gasteiger partial charge on any atom is 0.336 e. The van der Waals surface area contributed by atoms with Gasteiger partial charge in [0.2, 0.25) is 5.95 Å². The second-order valence-corrected chi connectivity index (χ2v) is 7.40. The van der Waals surface area contributed by atoms with E-state index in [2.05, 4.69) is 15.3 Å². The Bertz CT molecular complexity index is 1140. The Kier molecular flexibility index (Phi) is 5.42. The Morgan fingerprint density at radius 3 is 2.97 bits per heavy atom. The van der Waals surface area contributed by atoms with Gasteiger partial charge in [-0.05, 0) is 25.3 Å². The number of anilines is 2. The summed E-state index contributed by atoms with van der Waals surface area (Å²) >= 11 is 0. The molecule has 0 radical (unpaired) electrons. The van der Waals surface area contributed by atoms with Crippen molar-refractivity contribution in [1.29, 1.82) is 0 Å². The zero-order valence-electron chi connectivity index (χ0n) is 16.7. The summed E-state index contributed by atoms with van der Waals surface area (Å²) in [7, 11) is 0. The van der Waals surface area contributed by atoms with Crippen molar-refractivity contribution in [2.24, 2.45) is 0 Å². The van der Waals surface area contributed by atoms with Crippen molar-refractivity contribution < 1.29 is 19.2 Å². The maximum atomic E-state index is 13.1. The average Bonchev–Trinajstić information content (AvgIpc) is 3.24. The number of benzene rings is 1. The molecule has 0 bridgehead atoms. The van der Waals surface area contributed by atoms with Crippen molar-refractivity contribution >= 4 is 23.4 Å². The number of non-ortho nitro benzene ring substituents is 1. The fourth-order valence-corrected chi connectivity index (χ4v) is 3.91. The first-order valence-corrected chi connectivity index (χ1v) is 9.75. The van der Waals surface area contributed by atoms with Crippen LogP contribution in [0.25, 0.3) is 0 Å². The van der Waals surface area contributed by atoms with Crippen LogP contribution >= 0.6 is 0 Å². The zero-order valence-corrected chi connectivity index (χ0v) is 16.7. The van der Waals surface area contributed by atoms with Gasteiger partial charge in [0, 0.05) is 24.4 Å². The molecule has 0 spiro atoms. The molecule has 1 fully saturated rings. The third kappa shape index (κ3) is 3.99. The number of allylic oxidation sites excluding steroid dienone is 1. The summed E-state index contributed by atoms with van der Waals surface area (Å²) in [6, 6.07) is 5.78. The number of nitrogens with one attached hydrogen (secondary N) is 2. The number of hydrogen-bond donors (Lipinski definition) is 3. The first-order valence-electron chi connectivity index (χ1n) is 9.75. The highest BCUT2D eigenvalue weighted by Gasteiger charge is 2.37. The van der Waals surface area contributed by atoms with Crippen LogP contribution in [-0.2, 0) is 14.3 Å². The van der Waals surface area contributed by atoms with E-state index in [1.807, 2.05) is 0 Å².